The van der Waals surface area contributed by atoms with Crippen LogP contribution in [0.5, 0.6) is 0 Å². The summed E-state index contributed by atoms with van der Waals surface area (Å²) in [7, 11) is -4.40. The predicted octanol–water partition coefficient (Wildman–Crippen LogP) is 3.01. The van der Waals surface area contributed by atoms with E-state index in [-0.39, 0.29) is 16.2 Å². The fourth-order valence-corrected chi connectivity index (χ4v) is 2.94. The van der Waals surface area contributed by atoms with Crippen molar-refractivity contribution in [2.24, 2.45) is 5.10 Å². The first-order valence-corrected chi connectivity index (χ1v) is 8.67. The molecule has 0 atom stereocenters. The normalized spacial score (nSPS) is 15.3. The molecule has 1 aliphatic rings. The topological polar surface area (TPSA) is 108 Å². The van der Waals surface area contributed by atoms with Gasteiger partial charge in [-0.2, -0.15) is 13.5 Å². The number of benzene rings is 2. The molecule has 0 aromatic heterocycles. The first-order valence-electron chi connectivity index (χ1n) is 6.48. The molecule has 0 aliphatic carbocycles. The Morgan fingerprint density at radius 1 is 1.12 bits per heavy atom. The number of amides is 1. The molecule has 0 saturated heterocycles. The quantitative estimate of drug-likeness (QED) is 0.555. The fraction of sp³-hybridized carbons (Fsp3) is 0. The molecule has 0 spiro atoms. The summed E-state index contributed by atoms with van der Waals surface area (Å²) >= 11 is 11.9. The molecular formula is C14H9Cl2N3O4S. The summed E-state index contributed by atoms with van der Waals surface area (Å²) in [5.41, 5.74) is 3.57. The SMILES string of the molecule is O=C1Nc2ccc(S(=O)(=O)O)cc2C1=NNc1cc(Cl)ccc1Cl. The standard InChI is InChI=1S/C14H9Cl2N3O4S/c15-7-1-3-10(16)12(5-7)18-19-13-9-6-8(24(21,22)23)2-4-11(9)17-14(13)20/h1-6,18H,(H,17,19,20)(H,21,22,23). The second kappa shape index (κ2) is 6.06. The van der Waals surface area contributed by atoms with Crippen molar-refractivity contribution in [1.82, 2.24) is 0 Å². The zero-order chi connectivity index (χ0) is 17.5. The van der Waals surface area contributed by atoms with Gasteiger partial charge < -0.3 is 5.32 Å². The molecule has 10 heteroatoms. The van der Waals surface area contributed by atoms with Gasteiger partial charge in [-0.15, -0.1) is 0 Å². The van der Waals surface area contributed by atoms with Gasteiger partial charge in [0.15, 0.2) is 5.71 Å². The third-order valence-electron chi connectivity index (χ3n) is 3.22. The number of nitrogens with one attached hydrogen (secondary N) is 2. The van der Waals surface area contributed by atoms with Gasteiger partial charge >= 0.3 is 0 Å². The number of anilines is 2. The number of carbonyl (C=O) groups is 1. The van der Waals surface area contributed by atoms with Crippen LogP contribution in [0, 0.1) is 0 Å². The van der Waals surface area contributed by atoms with Gasteiger partial charge in [0.2, 0.25) is 0 Å². The number of hydrogen-bond donors (Lipinski definition) is 3. The van der Waals surface area contributed by atoms with Gasteiger partial charge in [0.25, 0.3) is 16.0 Å². The van der Waals surface area contributed by atoms with Crippen LogP contribution >= 0.6 is 23.2 Å². The zero-order valence-electron chi connectivity index (χ0n) is 11.7. The third-order valence-corrected chi connectivity index (χ3v) is 4.64. The van der Waals surface area contributed by atoms with Crippen molar-refractivity contribution in [3.63, 3.8) is 0 Å². The van der Waals surface area contributed by atoms with Crippen LogP contribution in [-0.2, 0) is 14.9 Å². The van der Waals surface area contributed by atoms with Gasteiger partial charge in [0.05, 0.1) is 21.3 Å². The van der Waals surface area contributed by atoms with Crippen LogP contribution in [0.15, 0.2) is 46.4 Å². The van der Waals surface area contributed by atoms with E-state index < -0.39 is 16.0 Å². The smallest absolute Gasteiger partial charge is 0.294 e. The van der Waals surface area contributed by atoms with Crippen molar-refractivity contribution >= 4 is 56.3 Å². The summed E-state index contributed by atoms with van der Waals surface area (Å²) in [4.78, 5) is 11.7. The zero-order valence-corrected chi connectivity index (χ0v) is 14.1. The van der Waals surface area contributed by atoms with Crippen molar-refractivity contribution in [2.75, 3.05) is 10.7 Å². The molecule has 2 aromatic carbocycles. The van der Waals surface area contributed by atoms with Gasteiger partial charge in [0.1, 0.15) is 0 Å². The molecule has 0 saturated carbocycles. The molecule has 0 radical (unpaired) electrons. The molecular weight excluding hydrogens is 377 g/mol. The molecule has 1 amide bonds. The molecule has 1 aliphatic heterocycles. The van der Waals surface area contributed by atoms with Crippen LogP contribution in [0.2, 0.25) is 10.0 Å². The average Bonchev–Trinajstić information content (AvgIpc) is 2.82. The second-order valence-electron chi connectivity index (χ2n) is 4.83. The lowest BCUT2D eigenvalue weighted by Gasteiger charge is -2.05. The minimum absolute atomic E-state index is 0.0495. The van der Waals surface area contributed by atoms with Crippen molar-refractivity contribution in [2.45, 2.75) is 4.90 Å². The average molecular weight is 386 g/mol. The molecule has 0 unspecified atom stereocenters. The Kier molecular flexibility index (Phi) is 4.22. The Bertz CT molecular complexity index is 990. The minimum Gasteiger partial charge on any atom is -0.320 e. The number of halogens is 2. The number of nitrogens with zero attached hydrogens (tertiary/aromatic N) is 1. The molecule has 7 nitrogen and oxygen atoms in total. The number of fused-ring (bicyclic) bond motifs is 1. The van der Waals surface area contributed by atoms with E-state index in [4.69, 9.17) is 27.8 Å². The van der Waals surface area contributed by atoms with Crippen LogP contribution in [0.1, 0.15) is 5.56 Å². The third kappa shape index (κ3) is 3.22. The minimum atomic E-state index is -4.40. The van der Waals surface area contributed by atoms with Crippen molar-refractivity contribution < 1.29 is 17.8 Å². The van der Waals surface area contributed by atoms with Crippen molar-refractivity contribution in [3.8, 4) is 0 Å². The van der Waals surface area contributed by atoms with E-state index in [0.717, 1.165) is 6.07 Å². The van der Waals surface area contributed by atoms with Crippen LogP contribution < -0.4 is 10.7 Å². The molecule has 124 valence electrons. The van der Waals surface area contributed by atoms with E-state index in [1.807, 2.05) is 0 Å². The van der Waals surface area contributed by atoms with Gasteiger partial charge in [-0.1, -0.05) is 23.2 Å². The van der Waals surface area contributed by atoms with E-state index in [1.54, 1.807) is 12.1 Å². The maximum absolute atomic E-state index is 12.0. The first kappa shape index (κ1) is 16.7. The van der Waals surface area contributed by atoms with E-state index in [1.165, 1.54) is 18.2 Å². The molecule has 3 rings (SSSR count). The Labute approximate surface area is 147 Å². The fourth-order valence-electron chi connectivity index (χ4n) is 2.10. The summed E-state index contributed by atoms with van der Waals surface area (Å²) in [6, 6.07) is 8.38. The highest BCUT2D eigenvalue weighted by Gasteiger charge is 2.28. The van der Waals surface area contributed by atoms with E-state index >= 15 is 0 Å². The van der Waals surface area contributed by atoms with Crippen LogP contribution in [0.25, 0.3) is 0 Å². The van der Waals surface area contributed by atoms with E-state index in [2.05, 4.69) is 15.8 Å². The Morgan fingerprint density at radius 3 is 2.58 bits per heavy atom. The summed E-state index contributed by atoms with van der Waals surface area (Å²) < 4.78 is 31.6. The van der Waals surface area contributed by atoms with E-state index in [0.29, 0.717) is 21.4 Å². The van der Waals surface area contributed by atoms with Gasteiger partial charge in [-0.25, -0.2) is 0 Å². The molecule has 24 heavy (non-hydrogen) atoms. The first-order chi connectivity index (χ1) is 11.3. The lowest BCUT2D eigenvalue weighted by molar-refractivity contribution is -0.110. The van der Waals surface area contributed by atoms with E-state index in [9.17, 15) is 13.2 Å². The van der Waals surface area contributed by atoms with Gasteiger partial charge in [0, 0.05) is 10.6 Å². The lowest BCUT2D eigenvalue weighted by Crippen LogP contribution is -2.16. The van der Waals surface area contributed by atoms with Crippen molar-refractivity contribution in [3.05, 3.63) is 52.0 Å². The Morgan fingerprint density at radius 2 is 1.88 bits per heavy atom. The number of rotatable bonds is 3. The number of hydrazone groups is 1. The van der Waals surface area contributed by atoms with Crippen LogP contribution in [0.3, 0.4) is 0 Å². The lowest BCUT2D eigenvalue weighted by atomic mass is 10.1. The van der Waals surface area contributed by atoms with Crippen LogP contribution in [0.4, 0.5) is 11.4 Å². The monoisotopic (exact) mass is 385 g/mol. The molecule has 3 N–H and O–H groups in total. The van der Waals surface area contributed by atoms with Crippen molar-refractivity contribution in [1.29, 1.82) is 0 Å². The Hall–Kier alpha value is -2.13. The highest BCUT2D eigenvalue weighted by atomic mass is 35.5. The molecule has 1 heterocycles. The summed E-state index contributed by atoms with van der Waals surface area (Å²) in [6.45, 7) is 0. The molecule has 2 aromatic rings. The van der Waals surface area contributed by atoms with Gasteiger partial charge in [-0.3, -0.25) is 14.8 Å². The largest absolute Gasteiger partial charge is 0.320 e. The molecule has 0 fully saturated rings. The Balaban J connectivity index is 2.01. The summed E-state index contributed by atoms with van der Waals surface area (Å²) in [5, 5.41) is 7.28. The maximum Gasteiger partial charge on any atom is 0.294 e. The highest BCUT2D eigenvalue weighted by molar-refractivity contribution is 7.85. The predicted molar refractivity (Wildman–Crippen MR) is 91.5 cm³/mol. The summed E-state index contributed by atoms with van der Waals surface area (Å²) in [6.07, 6.45) is 0. The summed E-state index contributed by atoms with van der Waals surface area (Å²) in [5.74, 6) is -0.525. The number of carbonyl (C=O) groups excluding carboxylic acids is 1. The van der Waals surface area contributed by atoms with Gasteiger partial charge in [-0.05, 0) is 36.4 Å². The van der Waals surface area contributed by atoms with Crippen LogP contribution in [-0.4, -0.2) is 24.6 Å². The highest BCUT2D eigenvalue weighted by Crippen LogP contribution is 2.28. The maximum atomic E-state index is 12.0. The molecule has 0 bridgehead atoms. The second-order valence-corrected chi connectivity index (χ2v) is 7.10. The number of hydrogen-bond acceptors (Lipinski definition) is 5.